The third-order valence-electron chi connectivity index (χ3n) is 6.33. The Morgan fingerprint density at radius 3 is 2.31 bits per heavy atom. The van der Waals surface area contributed by atoms with Gasteiger partial charge in [-0.3, -0.25) is 4.90 Å². The summed E-state index contributed by atoms with van der Waals surface area (Å²) in [5.74, 6) is 1.50. The standard InChI is InChI=1S/C28H36N4O3S/c1-3-4-8-26(35-24-15-11-22(12-16-24)28(29)31-33)34-23-13-9-21(10-14-23)27-25(36-20(2)30-27)19-32-17-6-5-7-18-32/h9-16,26,33H,3-8,17-19H2,1-2H3,(H2,29,31). The third-order valence-corrected chi connectivity index (χ3v) is 7.29. The smallest absolute Gasteiger partial charge is 0.241 e. The average molecular weight is 509 g/mol. The molecule has 0 aliphatic carbocycles. The summed E-state index contributed by atoms with van der Waals surface area (Å²) < 4.78 is 12.4. The van der Waals surface area contributed by atoms with Gasteiger partial charge in [0.1, 0.15) is 11.5 Å². The highest BCUT2D eigenvalue weighted by Crippen LogP contribution is 2.31. The Balaban J connectivity index is 1.44. The van der Waals surface area contributed by atoms with Crippen LogP contribution in [0.4, 0.5) is 0 Å². The van der Waals surface area contributed by atoms with Gasteiger partial charge in [0, 0.05) is 29.0 Å². The van der Waals surface area contributed by atoms with Crippen molar-refractivity contribution in [2.75, 3.05) is 13.1 Å². The molecule has 1 atom stereocenters. The van der Waals surface area contributed by atoms with Crippen LogP contribution < -0.4 is 15.2 Å². The first kappa shape index (κ1) is 26.0. The number of hydrogen-bond donors (Lipinski definition) is 2. The minimum absolute atomic E-state index is 0.0646. The van der Waals surface area contributed by atoms with Crippen LogP contribution in [0.5, 0.6) is 11.5 Å². The molecule has 3 N–H and O–H groups in total. The molecule has 3 aromatic rings. The molecule has 4 rings (SSSR count). The molecule has 0 radical (unpaired) electrons. The number of amidine groups is 1. The lowest BCUT2D eigenvalue weighted by atomic mass is 10.1. The Labute approximate surface area is 217 Å². The number of nitrogens with zero attached hydrogens (tertiary/aromatic N) is 3. The van der Waals surface area contributed by atoms with Crippen LogP contribution in [0.2, 0.25) is 0 Å². The molecule has 7 nitrogen and oxygen atoms in total. The lowest BCUT2D eigenvalue weighted by Gasteiger charge is -2.26. The third kappa shape index (κ3) is 6.98. The lowest BCUT2D eigenvalue weighted by molar-refractivity contribution is -0.00211. The summed E-state index contributed by atoms with van der Waals surface area (Å²) >= 11 is 1.80. The zero-order valence-electron chi connectivity index (χ0n) is 21.2. The number of aromatic nitrogens is 1. The largest absolute Gasteiger partial charge is 0.455 e. The molecule has 1 unspecified atom stereocenters. The van der Waals surface area contributed by atoms with Crippen LogP contribution in [-0.2, 0) is 6.54 Å². The van der Waals surface area contributed by atoms with E-state index in [0.717, 1.165) is 47.8 Å². The Kier molecular flexibility index (Phi) is 9.19. The molecular formula is C28H36N4O3S. The Bertz CT molecular complexity index is 1120. The molecule has 192 valence electrons. The van der Waals surface area contributed by atoms with E-state index in [4.69, 9.17) is 25.4 Å². The molecule has 2 aromatic carbocycles. The number of ether oxygens (including phenoxy) is 2. The summed E-state index contributed by atoms with van der Waals surface area (Å²) in [4.78, 5) is 8.73. The number of benzene rings is 2. The van der Waals surface area contributed by atoms with Crippen molar-refractivity contribution >= 4 is 17.2 Å². The van der Waals surface area contributed by atoms with Crippen LogP contribution in [0.15, 0.2) is 53.7 Å². The summed E-state index contributed by atoms with van der Waals surface area (Å²) in [7, 11) is 0. The van der Waals surface area contributed by atoms with Gasteiger partial charge in [-0.05, 0) is 87.8 Å². The number of likely N-dealkylation sites (tertiary alicyclic amines) is 1. The molecule has 2 heterocycles. The number of unbranched alkanes of at least 4 members (excludes halogenated alkanes) is 1. The fraction of sp³-hybridized carbons (Fsp3) is 0.429. The van der Waals surface area contributed by atoms with Gasteiger partial charge in [-0.15, -0.1) is 11.3 Å². The van der Waals surface area contributed by atoms with Gasteiger partial charge in [0.15, 0.2) is 5.84 Å². The molecule has 1 fully saturated rings. The van der Waals surface area contributed by atoms with E-state index in [1.807, 2.05) is 12.1 Å². The number of thiazole rings is 1. The van der Waals surface area contributed by atoms with Crippen LogP contribution in [0.1, 0.15) is 60.9 Å². The first-order valence-electron chi connectivity index (χ1n) is 12.8. The molecule has 8 heteroatoms. The number of nitrogens with two attached hydrogens (primary N) is 1. The first-order chi connectivity index (χ1) is 17.6. The van der Waals surface area contributed by atoms with E-state index in [1.54, 1.807) is 35.6 Å². The molecule has 0 amide bonds. The molecule has 1 aliphatic rings. The minimum atomic E-state index is -0.415. The molecular weight excluding hydrogens is 472 g/mol. The topological polar surface area (TPSA) is 93.2 Å². The SMILES string of the molecule is CCCCC(Oc1ccc(C(N)=NO)cc1)Oc1ccc(-c2nc(C)sc2CN2CCCCC2)cc1. The maximum atomic E-state index is 8.85. The molecule has 1 aliphatic heterocycles. The highest BCUT2D eigenvalue weighted by Gasteiger charge is 2.18. The highest BCUT2D eigenvalue weighted by molar-refractivity contribution is 7.12. The summed E-state index contributed by atoms with van der Waals surface area (Å²) in [5, 5.41) is 13.0. The molecule has 1 aromatic heterocycles. The Morgan fingerprint density at radius 1 is 1.06 bits per heavy atom. The fourth-order valence-electron chi connectivity index (χ4n) is 4.39. The van der Waals surface area contributed by atoms with E-state index in [2.05, 4.69) is 36.0 Å². The van der Waals surface area contributed by atoms with Crippen molar-refractivity contribution in [3.05, 3.63) is 64.0 Å². The maximum Gasteiger partial charge on any atom is 0.241 e. The maximum absolute atomic E-state index is 8.85. The van der Waals surface area contributed by atoms with Crippen LogP contribution in [0, 0.1) is 6.92 Å². The van der Waals surface area contributed by atoms with Crippen LogP contribution in [0.3, 0.4) is 0 Å². The van der Waals surface area contributed by atoms with Crippen molar-refractivity contribution in [1.29, 1.82) is 0 Å². The van der Waals surface area contributed by atoms with Crippen molar-refractivity contribution in [3.63, 3.8) is 0 Å². The molecule has 0 bridgehead atoms. The second-order valence-electron chi connectivity index (χ2n) is 9.18. The van der Waals surface area contributed by atoms with Crippen LogP contribution in [-0.4, -0.2) is 40.3 Å². The number of hydrogen-bond acceptors (Lipinski definition) is 7. The van der Waals surface area contributed by atoms with Gasteiger partial charge in [-0.25, -0.2) is 4.98 Å². The average Bonchev–Trinajstić information content (AvgIpc) is 3.27. The van der Waals surface area contributed by atoms with Crippen molar-refractivity contribution in [2.45, 2.75) is 65.2 Å². The van der Waals surface area contributed by atoms with E-state index < -0.39 is 6.29 Å². The van der Waals surface area contributed by atoms with Crippen molar-refractivity contribution in [2.24, 2.45) is 10.9 Å². The number of rotatable bonds is 11. The van der Waals surface area contributed by atoms with Gasteiger partial charge < -0.3 is 20.4 Å². The predicted octanol–water partition coefficient (Wildman–Crippen LogP) is 6.17. The van der Waals surface area contributed by atoms with Crippen LogP contribution >= 0.6 is 11.3 Å². The summed E-state index contributed by atoms with van der Waals surface area (Å²) in [5.41, 5.74) is 8.48. The summed E-state index contributed by atoms with van der Waals surface area (Å²) in [6, 6.07) is 15.3. The van der Waals surface area contributed by atoms with Crippen molar-refractivity contribution in [1.82, 2.24) is 9.88 Å². The normalized spacial score (nSPS) is 15.6. The monoisotopic (exact) mass is 508 g/mol. The molecule has 36 heavy (non-hydrogen) atoms. The first-order valence-corrected chi connectivity index (χ1v) is 13.6. The fourth-order valence-corrected chi connectivity index (χ4v) is 5.39. The minimum Gasteiger partial charge on any atom is -0.455 e. The zero-order chi connectivity index (χ0) is 25.3. The van der Waals surface area contributed by atoms with Gasteiger partial charge in [-0.1, -0.05) is 24.9 Å². The van der Waals surface area contributed by atoms with Gasteiger partial charge in [0.2, 0.25) is 6.29 Å². The second kappa shape index (κ2) is 12.7. The predicted molar refractivity (Wildman–Crippen MR) is 145 cm³/mol. The van der Waals surface area contributed by atoms with E-state index in [9.17, 15) is 0 Å². The van der Waals surface area contributed by atoms with Gasteiger partial charge in [0.25, 0.3) is 0 Å². The van der Waals surface area contributed by atoms with E-state index in [0.29, 0.717) is 11.3 Å². The van der Waals surface area contributed by atoms with Crippen molar-refractivity contribution in [3.8, 4) is 22.8 Å². The van der Waals surface area contributed by atoms with Gasteiger partial charge >= 0.3 is 0 Å². The second-order valence-corrected chi connectivity index (χ2v) is 10.5. The Hall–Kier alpha value is -3.10. The summed E-state index contributed by atoms with van der Waals surface area (Å²) in [6.07, 6.45) is 6.31. The number of piperidine rings is 1. The van der Waals surface area contributed by atoms with Crippen molar-refractivity contribution < 1.29 is 14.7 Å². The van der Waals surface area contributed by atoms with Crippen LogP contribution in [0.25, 0.3) is 11.3 Å². The number of aryl methyl sites for hydroxylation is 1. The van der Waals surface area contributed by atoms with E-state index in [-0.39, 0.29) is 5.84 Å². The van der Waals surface area contributed by atoms with Gasteiger partial charge in [-0.2, -0.15) is 0 Å². The molecule has 1 saturated heterocycles. The molecule has 0 spiro atoms. The van der Waals surface area contributed by atoms with Gasteiger partial charge in [0.05, 0.1) is 10.7 Å². The number of oxime groups is 1. The molecule has 0 saturated carbocycles. The lowest BCUT2D eigenvalue weighted by Crippen LogP contribution is -2.28. The summed E-state index contributed by atoms with van der Waals surface area (Å²) in [6.45, 7) is 7.55. The van der Waals surface area contributed by atoms with E-state index >= 15 is 0 Å². The van der Waals surface area contributed by atoms with E-state index in [1.165, 1.54) is 37.2 Å². The Morgan fingerprint density at radius 2 is 1.69 bits per heavy atom. The quantitative estimate of drug-likeness (QED) is 0.106. The zero-order valence-corrected chi connectivity index (χ0v) is 22.0. The highest BCUT2D eigenvalue weighted by atomic mass is 32.1.